The van der Waals surface area contributed by atoms with Gasteiger partial charge in [0, 0.05) is 63.0 Å². The molecule has 0 unspecified atom stereocenters. The van der Waals surface area contributed by atoms with E-state index in [1.807, 2.05) is 12.3 Å². The monoisotopic (exact) mass is 356 g/mol. The molecule has 3 heterocycles. The van der Waals surface area contributed by atoms with Crippen molar-refractivity contribution in [2.24, 2.45) is 5.73 Å². The number of piperazine rings is 1. The Bertz CT molecular complexity index is 772. The summed E-state index contributed by atoms with van der Waals surface area (Å²) in [5.74, 6) is 0.367. The molecule has 4 rings (SSSR count). The Morgan fingerprint density at radius 1 is 1.19 bits per heavy atom. The van der Waals surface area contributed by atoms with Crippen molar-refractivity contribution in [1.82, 2.24) is 14.8 Å². The lowest BCUT2D eigenvalue weighted by Gasteiger charge is -2.32. The first-order valence-corrected chi connectivity index (χ1v) is 9.18. The first-order valence-electron chi connectivity index (χ1n) is 9.18. The molecule has 6 heteroatoms. The van der Waals surface area contributed by atoms with Crippen LogP contribution in [0.5, 0.6) is 5.75 Å². The minimum atomic E-state index is -0.230. The van der Waals surface area contributed by atoms with Crippen LogP contribution in [0.2, 0.25) is 0 Å². The number of rotatable bonds is 4. The Hall–Kier alpha value is -2.02. The van der Waals surface area contributed by atoms with Gasteiger partial charge < -0.3 is 15.4 Å². The van der Waals surface area contributed by atoms with E-state index in [0.717, 1.165) is 44.0 Å². The van der Waals surface area contributed by atoms with E-state index in [0.29, 0.717) is 24.3 Å². The van der Waals surface area contributed by atoms with Crippen LogP contribution < -0.4 is 10.5 Å². The number of hydrogen-bond acceptors (Lipinski definition) is 5. The van der Waals surface area contributed by atoms with E-state index in [2.05, 4.69) is 27.9 Å². The maximum Gasteiger partial charge on any atom is 0.135 e. The number of ether oxygens (including phenoxy) is 1. The minimum Gasteiger partial charge on any atom is -0.488 e. The highest BCUT2D eigenvalue weighted by Crippen LogP contribution is 2.39. The number of nitrogens with zero attached hydrogens (tertiary/aromatic N) is 3. The van der Waals surface area contributed by atoms with Crippen molar-refractivity contribution in [1.29, 1.82) is 0 Å². The fourth-order valence-corrected chi connectivity index (χ4v) is 3.64. The summed E-state index contributed by atoms with van der Waals surface area (Å²) in [5, 5.41) is 0. The van der Waals surface area contributed by atoms with Crippen LogP contribution in [-0.4, -0.2) is 60.7 Å². The van der Waals surface area contributed by atoms with Gasteiger partial charge in [-0.1, -0.05) is 6.07 Å². The van der Waals surface area contributed by atoms with Crippen LogP contribution in [-0.2, 0) is 13.0 Å². The SMILES string of the molecule is CN1CCN(Cc2ccc(-c3ccc(F)c4c3O[C@H](CN)C4)nc2)CC1. The smallest absolute Gasteiger partial charge is 0.135 e. The van der Waals surface area contributed by atoms with Crippen LogP contribution in [0.25, 0.3) is 11.3 Å². The molecule has 1 aromatic carbocycles. The summed E-state index contributed by atoms with van der Waals surface area (Å²) in [6, 6.07) is 7.34. The molecule has 1 atom stereocenters. The van der Waals surface area contributed by atoms with Crippen molar-refractivity contribution >= 4 is 0 Å². The third-order valence-corrected chi connectivity index (χ3v) is 5.29. The Morgan fingerprint density at radius 3 is 2.69 bits per heavy atom. The van der Waals surface area contributed by atoms with E-state index in [9.17, 15) is 4.39 Å². The molecule has 0 spiro atoms. The Balaban J connectivity index is 1.52. The maximum atomic E-state index is 14.1. The predicted molar refractivity (Wildman–Crippen MR) is 99.6 cm³/mol. The molecule has 2 aliphatic rings. The van der Waals surface area contributed by atoms with Gasteiger partial charge in [0.2, 0.25) is 0 Å². The largest absolute Gasteiger partial charge is 0.488 e. The van der Waals surface area contributed by atoms with E-state index in [1.54, 1.807) is 6.07 Å². The van der Waals surface area contributed by atoms with Crippen molar-refractivity contribution in [2.75, 3.05) is 39.8 Å². The molecule has 0 bridgehead atoms. The van der Waals surface area contributed by atoms with Crippen LogP contribution >= 0.6 is 0 Å². The number of likely N-dealkylation sites (N-methyl/N-ethyl adjacent to an activating group) is 1. The van der Waals surface area contributed by atoms with Gasteiger partial charge in [-0.3, -0.25) is 9.88 Å². The lowest BCUT2D eigenvalue weighted by molar-refractivity contribution is 0.148. The van der Waals surface area contributed by atoms with Crippen molar-refractivity contribution in [3.8, 4) is 17.0 Å². The van der Waals surface area contributed by atoms with Gasteiger partial charge in [-0.15, -0.1) is 0 Å². The van der Waals surface area contributed by atoms with E-state index < -0.39 is 0 Å². The molecule has 1 aromatic heterocycles. The average molecular weight is 356 g/mol. The first-order chi connectivity index (χ1) is 12.6. The molecule has 0 radical (unpaired) electrons. The second-order valence-electron chi connectivity index (χ2n) is 7.21. The van der Waals surface area contributed by atoms with Gasteiger partial charge in [-0.05, 0) is 30.8 Å². The zero-order valence-corrected chi connectivity index (χ0v) is 15.1. The highest BCUT2D eigenvalue weighted by Gasteiger charge is 2.28. The number of nitrogens with two attached hydrogens (primary N) is 1. The normalized spacial score (nSPS) is 20.8. The van der Waals surface area contributed by atoms with E-state index in [1.165, 1.54) is 11.6 Å². The Kier molecular flexibility index (Phi) is 4.89. The van der Waals surface area contributed by atoms with Crippen molar-refractivity contribution in [3.05, 3.63) is 47.4 Å². The summed E-state index contributed by atoms with van der Waals surface area (Å²) in [6.07, 6.45) is 2.28. The molecule has 26 heavy (non-hydrogen) atoms. The molecule has 0 saturated carbocycles. The molecule has 0 amide bonds. The van der Waals surface area contributed by atoms with Gasteiger partial charge >= 0.3 is 0 Å². The topological polar surface area (TPSA) is 54.6 Å². The summed E-state index contributed by atoms with van der Waals surface area (Å²) in [7, 11) is 2.16. The van der Waals surface area contributed by atoms with E-state index >= 15 is 0 Å². The number of hydrogen-bond donors (Lipinski definition) is 1. The molecule has 5 nitrogen and oxygen atoms in total. The van der Waals surface area contributed by atoms with Gasteiger partial charge in [0.15, 0.2) is 0 Å². The van der Waals surface area contributed by atoms with Crippen LogP contribution in [0.3, 0.4) is 0 Å². The van der Waals surface area contributed by atoms with E-state index in [-0.39, 0.29) is 11.9 Å². The fourth-order valence-electron chi connectivity index (χ4n) is 3.64. The van der Waals surface area contributed by atoms with Crippen LogP contribution in [0.15, 0.2) is 30.5 Å². The van der Waals surface area contributed by atoms with Crippen LogP contribution in [0, 0.1) is 5.82 Å². The van der Waals surface area contributed by atoms with Gasteiger partial charge in [0.1, 0.15) is 17.7 Å². The average Bonchev–Trinajstić information content (AvgIpc) is 3.10. The van der Waals surface area contributed by atoms with Crippen molar-refractivity contribution in [3.63, 3.8) is 0 Å². The maximum absolute atomic E-state index is 14.1. The quantitative estimate of drug-likeness (QED) is 0.907. The van der Waals surface area contributed by atoms with Gasteiger partial charge in [-0.25, -0.2) is 4.39 Å². The Morgan fingerprint density at radius 2 is 2.00 bits per heavy atom. The highest BCUT2D eigenvalue weighted by atomic mass is 19.1. The van der Waals surface area contributed by atoms with Crippen LogP contribution in [0.4, 0.5) is 4.39 Å². The number of fused-ring (bicyclic) bond motifs is 1. The molecule has 138 valence electrons. The summed E-state index contributed by atoms with van der Waals surface area (Å²) >= 11 is 0. The Labute approximate surface area is 153 Å². The fraction of sp³-hybridized carbons (Fsp3) is 0.450. The van der Waals surface area contributed by atoms with Gasteiger partial charge in [0.05, 0.1) is 5.69 Å². The van der Waals surface area contributed by atoms with Crippen LogP contribution in [0.1, 0.15) is 11.1 Å². The second-order valence-corrected chi connectivity index (χ2v) is 7.21. The summed E-state index contributed by atoms with van der Waals surface area (Å²) in [4.78, 5) is 9.41. The molecule has 0 aliphatic carbocycles. The highest BCUT2D eigenvalue weighted by molar-refractivity contribution is 5.70. The number of halogens is 1. The molecule has 2 aliphatic heterocycles. The number of pyridine rings is 1. The number of benzene rings is 1. The summed E-state index contributed by atoms with van der Waals surface area (Å²) in [6.45, 7) is 5.66. The third kappa shape index (κ3) is 3.45. The number of aromatic nitrogens is 1. The zero-order chi connectivity index (χ0) is 18.1. The molecular formula is C20H25FN4O. The summed E-state index contributed by atoms with van der Waals surface area (Å²) in [5.41, 5.74) is 9.15. The summed E-state index contributed by atoms with van der Waals surface area (Å²) < 4.78 is 20.0. The lowest BCUT2D eigenvalue weighted by atomic mass is 10.0. The molecule has 2 aromatic rings. The van der Waals surface area contributed by atoms with Gasteiger partial charge in [-0.2, -0.15) is 0 Å². The predicted octanol–water partition coefficient (Wildman–Crippen LogP) is 1.90. The third-order valence-electron chi connectivity index (χ3n) is 5.29. The van der Waals surface area contributed by atoms with Gasteiger partial charge in [0.25, 0.3) is 0 Å². The standard InChI is InChI=1S/C20H25FN4O/c1-24-6-8-25(9-7-24)13-14-2-5-19(23-12-14)16-3-4-18(21)17-10-15(11-22)26-20(16)17/h2-5,12,15H,6-11,13,22H2,1H3/t15-/m0/s1. The zero-order valence-electron chi connectivity index (χ0n) is 15.1. The lowest BCUT2D eigenvalue weighted by Crippen LogP contribution is -2.43. The van der Waals surface area contributed by atoms with Crippen molar-refractivity contribution in [2.45, 2.75) is 19.1 Å². The molecule has 1 saturated heterocycles. The second kappa shape index (κ2) is 7.31. The van der Waals surface area contributed by atoms with E-state index in [4.69, 9.17) is 10.5 Å². The first kappa shape index (κ1) is 17.4. The minimum absolute atomic E-state index is 0.155. The molecule has 2 N–H and O–H groups in total. The van der Waals surface area contributed by atoms with Crippen molar-refractivity contribution < 1.29 is 9.13 Å². The molecule has 1 fully saturated rings. The molecular weight excluding hydrogens is 331 g/mol.